The third-order valence-corrected chi connectivity index (χ3v) is 7.85. The molecule has 10 nitrogen and oxygen atoms in total. The van der Waals surface area contributed by atoms with Crippen LogP contribution in [0.2, 0.25) is 0 Å². The molecular weight excluding hydrogens is 585 g/mol. The molecule has 2 aromatic heterocycles. The summed E-state index contributed by atoms with van der Waals surface area (Å²) in [4.78, 5) is 50.0. The van der Waals surface area contributed by atoms with Crippen molar-refractivity contribution in [3.8, 4) is 0 Å². The summed E-state index contributed by atoms with van der Waals surface area (Å²) in [5.41, 5.74) is 9.12. The van der Waals surface area contributed by atoms with Crippen molar-refractivity contribution in [3.05, 3.63) is 104 Å². The van der Waals surface area contributed by atoms with E-state index in [1.807, 2.05) is 22.9 Å². The Morgan fingerprint density at radius 2 is 1.00 bits per heavy atom. The molecule has 12 heteroatoms. The van der Waals surface area contributed by atoms with Crippen LogP contribution in [-0.2, 0) is 9.59 Å². The molecule has 2 aromatic carbocycles. The van der Waals surface area contributed by atoms with E-state index >= 15 is 0 Å². The van der Waals surface area contributed by atoms with Gasteiger partial charge in [0.15, 0.2) is 0 Å². The summed E-state index contributed by atoms with van der Waals surface area (Å²) in [6, 6.07) is 21.5. The van der Waals surface area contributed by atoms with Crippen LogP contribution in [0.4, 0.5) is 11.4 Å². The van der Waals surface area contributed by atoms with Gasteiger partial charge in [0, 0.05) is 24.2 Å². The fraction of sp³-hybridized carbons (Fsp3) is 0.161. The number of hydrogen-bond donors (Lipinski definition) is 4. The maximum atomic E-state index is 12.2. The lowest BCUT2D eigenvalue weighted by Gasteiger charge is -2.07. The molecule has 0 fully saturated rings. The van der Waals surface area contributed by atoms with Crippen molar-refractivity contribution in [2.45, 2.75) is 33.1 Å². The minimum atomic E-state index is -0.307. The fourth-order valence-corrected chi connectivity index (χ4v) is 4.97. The Hall–Kier alpha value is -4.94. The summed E-state index contributed by atoms with van der Waals surface area (Å²) in [5, 5.41) is 17.6. The van der Waals surface area contributed by atoms with Crippen LogP contribution in [0, 0.1) is 0 Å². The zero-order valence-corrected chi connectivity index (χ0v) is 25.2. The normalized spacial score (nSPS) is 11.5. The number of hydrogen-bond acceptors (Lipinski definition) is 8. The molecule has 4 aromatic rings. The SMILES string of the molecule is CC(=NNC(=O)CCCC(=O)NN=C(C)c1ccc(NC(=O)c2cccs2)cc1)c1ccc(NC(=O)c2cccs2)cc1. The van der Waals surface area contributed by atoms with Gasteiger partial charge in [-0.2, -0.15) is 10.2 Å². The van der Waals surface area contributed by atoms with Crippen LogP contribution in [0.3, 0.4) is 0 Å². The van der Waals surface area contributed by atoms with Gasteiger partial charge in [0.2, 0.25) is 11.8 Å². The smallest absolute Gasteiger partial charge is 0.265 e. The second-order valence-electron chi connectivity index (χ2n) is 9.34. The predicted octanol–water partition coefficient (Wildman–Crippen LogP) is 5.87. The number of rotatable bonds is 12. The van der Waals surface area contributed by atoms with E-state index in [1.165, 1.54) is 22.7 Å². The molecule has 43 heavy (non-hydrogen) atoms. The van der Waals surface area contributed by atoms with Crippen molar-refractivity contribution in [1.29, 1.82) is 0 Å². The zero-order valence-electron chi connectivity index (χ0n) is 23.5. The Bertz CT molecular complexity index is 1490. The number of carbonyl (C=O) groups excluding carboxylic acids is 4. The second kappa shape index (κ2) is 15.3. The number of nitrogens with zero attached hydrogens (tertiary/aromatic N) is 2. The van der Waals surface area contributed by atoms with Gasteiger partial charge in [0.25, 0.3) is 11.8 Å². The lowest BCUT2D eigenvalue weighted by atomic mass is 10.1. The lowest BCUT2D eigenvalue weighted by molar-refractivity contribution is -0.122. The molecule has 0 bridgehead atoms. The van der Waals surface area contributed by atoms with Gasteiger partial charge < -0.3 is 10.6 Å². The number of carbonyl (C=O) groups is 4. The quantitative estimate of drug-likeness (QED) is 0.117. The summed E-state index contributed by atoms with van der Waals surface area (Å²) in [7, 11) is 0. The third-order valence-electron chi connectivity index (χ3n) is 6.12. The first-order chi connectivity index (χ1) is 20.8. The number of thiophene rings is 2. The first-order valence-corrected chi connectivity index (χ1v) is 15.1. The van der Waals surface area contributed by atoms with Gasteiger partial charge in [-0.1, -0.05) is 36.4 Å². The number of benzene rings is 2. The van der Waals surface area contributed by atoms with Gasteiger partial charge in [-0.05, 0) is 78.6 Å². The highest BCUT2D eigenvalue weighted by atomic mass is 32.1. The van der Waals surface area contributed by atoms with Gasteiger partial charge in [-0.3, -0.25) is 19.2 Å². The molecule has 220 valence electrons. The van der Waals surface area contributed by atoms with Crippen LogP contribution < -0.4 is 21.5 Å². The van der Waals surface area contributed by atoms with Crippen LogP contribution in [-0.4, -0.2) is 35.1 Å². The molecule has 0 saturated carbocycles. The average Bonchev–Trinajstić information content (AvgIpc) is 3.75. The van der Waals surface area contributed by atoms with E-state index < -0.39 is 0 Å². The average molecular weight is 615 g/mol. The molecule has 0 aliphatic carbocycles. The van der Waals surface area contributed by atoms with Gasteiger partial charge in [-0.25, -0.2) is 10.9 Å². The molecule has 0 atom stereocenters. The van der Waals surface area contributed by atoms with Crippen molar-refractivity contribution in [2.75, 3.05) is 10.6 Å². The predicted molar refractivity (Wildman–Crippen MR) is 172 cm³/mol. The van der Waals surface area contributed by atoms with E-state index in [0.717, 1.165) is 11.1 Å². The number of anilines is 2. The summed E-state index contributed by atoms with van der Waals surface area (Å²) in [5.74, 6) is -0.950. The summed E-state index contributed by atoms with van der Waals surface area (Å²) < 4.78 is 0. The maximum absolute atomic E-state index is 12.2. The van der Waals surface area contributed by atoms with Crippen molar-refractivity contribution in [3.63, 3.8) is 0 Å². The van der Waals surface area contributed by atoms with Gasteiger partial charge >= 0.3 is 0 Å². The highest BCUT2D eigenvalue weighted by molar-refractivity contribution is 7.12. The summed E-state index contributed by atoms with van der Waals surface area (Å²) in [6.45, 7) is 3.53. The molecule has 0 unspecified atom stereocenters. The molecule has 2 heterocycles. The first-order valence-electron chi connectivity index (χ1n) is 13.4. The monoisotopic (exact) mass is 614 g/mol. The Balaban J connectivity index is 1.15. The van der Waals surface area contributed by atoms with Crippen molar-refractivity contribution in [2.24, 2.45) is 10.2 Å². The minimum absolute atomic E-state index is 0.124. The molecule has 4 N–H and O–H groups in total. The highest BCUT2D eigenvalue weighted by Gasteiger charge is 2.09. The molecule has 0 saturated heterocycles. The van der Waals surface area contributed by atoms with E-state index in [4.69, 9.17) is 0 Å². The molecule has 4 rings (SSSR count). The van der Waals surface area contributed by atoms with E-state index in [9.17, 15) is 19.2 Å². The minimum Gasteiger partial charge on any atom is -0.321 e. The molecule has 0 radical (unpaired) electrons. The van der Waals surface area contributed by atoms with E-state index in [-0.39, 0.29) is 36.5 Å². The summed E-state index contributed by atoms with van der Waals surface area (Å²) in [6.07, 6.45) is 0.580. The van der Waals surface area contributed by atoms with Crippen LogP contribution in [0.15, 0.2) is 93.8 Å². The van der Waals surface area contributed by atoms with Crippen LogP contribution in [0.1, 0.15) is 63.6 Å². The maximum Gasteiger partial charge on any atom is 0.265 e. The topological polar surface area (TPSA) is 141 Å². The number of hydrazone groups is 2. The Morgan fingerprint density at radius 1 is 0.605 bits per heavy atom. The number of nitrogens with one attached hydrogen (secondary N) is 4. The van der Waals surface area contributed by atoms with Crippen LogP contribution in [0.25, 0.3) is 0 Å². The van der Waals surface area contributed by atoms with Crippen molar-refractivity contribution in [1.82, 2.24) is 10.9 Å². The third kappa shape index (κ3) is 9.55. The number of amides is 4. The Labute approximate surface area is 256 Å². The molecular formula is C31H30N6O4S2. The van der Waals surface area contributed by atoms with E-state index in [0.29, 0.717) is 39.0 Å². The second-order valence-corrected chi connectivity index (χ2v) is 11.2. The van der Waals surface area contributed by atoms with Crippen LogP contribution >= 0.6 is 22.7 Å². The lowest BCUT2D eigenvalue weighted by Crippen LogP contribution is -2.22. The largest absolute Gasteiger partial charge is 0.321 e. The highest BCUT2D eigenvalue weighted by Crippen LogP contribution is 2.16. The molecule has 0 aliphatic heterocycles. The summed E-state index contributed by atoms with van der Waals surface area (Å²) >= 11 is 2.74. The Kier molecular flexibility index (Phi) is 11.1. The van der Waals surface area contributed by atoms with E-state index in [1.54, 1.807) is 74.5 Å². The van der Waals surface area contributed by atoms with Gasteiger partial charge in [-0.15, -0.1) is 22.7 Å². The molecule has 4 amide bonds. The van der Waals surface area contributed by atoms with Crippen molar-refractivity contribution >= 4 is 69.1 Å². The zero-order chi connectivity index (χ0) is 30.6. The molecule has 0 aliphatic rings. The van der Waals surface area contributed by atoms with E-state index in [2.05, 4.69) is 31.7 Å². The van der Waals surface area contributed by atoms with Crippen LogP contribution in [0.5, 0.6) is 0 Å². The first kappa shape index (κ1) is 31.0. The molecule has 0 spiro atoms. The van der Waals surface area contributed by atoms with Gasteiger partial charge in [0.05, 0.1) is 21.2 Å². The van der Waals surface area contributed by atoms with Gasteiger partial charge in [0.1, 0.15) is 0 Å². The standard InChI is InChI=1S/C31H30N6O4S2/c1-20(22-10-14-24(15-11-22)32-30(40)26-6-4-18-42-26)34-36-28(38)8-3-9-29(39)37-35-21(2)23-12-16-25(17-13-23)33-31(41)27-7-5-19-43-27/h4-7,10-19H,3,8-9H2,1-2H3,(H,32,40)(H,33,41)(H,36,38)(H,37,39). The fourth-order valence-electron chi connectivity index (χ4n) is 3.73. The van der Waals surface area contributed by atoms with Crippen molar-refractivity contribution < 1.29 is 19.2 Å². The Morgan fingerprint density at radius 3 is 1.35 bits per heavy atom.